The fourth-order valence-electron chi connectivity index (χ4n) is 1.59. The second kappa shape index (κ2) is 5.34. The van der Waals surface area contributed by atoms with Crippen LogP contribution in [-0.2, 0) is 20.1 Å². The Kier molecular flexibility index (Phi) is 3.81. The third kappa shape index (κ3) is 2.61. The van der Waals surface area contributed by atoms with Crippen molar-refractivity contribution in [3.63, 3.8) is 0 Å². The van der Waals surface area contributed by atoms with Crippen LogP contribution in [0.2, 0.25) is 0 Å². The maximum absolute atomic E-state index is 12.0. The zero-order valence-corrected chi connectivity index (χ0v) is 11.8. The Labute approximate surface area is 113 Å². The molecule has 0 aliphatic carbocycles. The second-order valence-electron chi connectivity index (χ2n) is 3.81. The standard InChI is InChI=1S/C11H14BrN5O/c1-3-17-5-4-8(15-17)6-13-11(18)10-9(12)7-14-16(10)2/h4-5,7H,3,6H2,1-2H3,(H,13,18). The van der Waals surface area contributed by atoms with Crippen molar-refractivity contribution in [3.05, 3.63) is 34.3 Å². The van der Waals surface area contributed by atoms with E-state index in [1.54, 1.807) is 13.2 Å². The summed E-state index contributed by atoms with van der Waals surface area (Å²) in [6.07, 6.45) is 3.49. The molecule has 0 spiro atoms. The van der Waals surface area contributed by atoms with Gasteiger partial charge in [-0.05, 0) is 28.9 Å². The fourth-order valence-corrected chi connectivity index (χ4v) is 2.12. The summed E-state index contributed by atoms with van der Waals surface area (Å²) >= 11 is 3.30. The Bertz CT molecular complexity index is 540. The molecule has 0 bridgehead atoms. The van der Waals surface area contributed by atoms with Crippen LogP contribution < -0.4 is 5.32 Å². The van der Waals surface area contributed by atoms with Crippen molar-refractivity contribution in [3.8, 4) is 0 Å². The van der Waals surface area contributed by atoms with Gasteiger partial charge in [0.1, 0.15) is 5.69 Å². The first-order chi connectivity index (χ1) is 8.61. The van der Waals surface area contributed by atoms with Crippen LogP contribution in [0, 0.1) is 0 Å². The lowest BCUT2D eigenvalue weighted by Gasteiger charge is -2.04. The molecule has 0 aliphatic rings. The molecule has 2 rings (SSSR count). The molecule has 18 heavy (non-hydrogen) atoms. The third-order valence-electron chi connectivity index (χ3n) is 2.56. The van der Waals surface area contributed by atoms with Gasteiger partial charge in [0, 0.05) is 19.8 Å². The molecule has 0 aliphatic heterocycles. The zero-order chi connectivity index (χ0) is 13.1. The molecule has 0 aromatic carbocycles. The summed E-state index contributed by atoms with van der Waals surface area (Å²) in [4.78, 5) is 12.0. The third-order valence-corrected chi connectivity index (χ3v) is 3.14. The number of carbonyl (C=O) groups is 1. The molecule has 2 aromatic rings. The summed E-state index contributed by atoms with van der Waals surface area (Å²) in [6, 6.07) is 1.89. The van der Waals surface area contributed by atoms with E-state index < -0.39 is 0 Å². The number of nitrogens with zero attached hydrogens (tertiary/aromatic N) is 4. The highest BCUT2D eigenvalue weighted by Crippen LogP contribution is 2.14. The predicted octanol–water partition coefficient (Wildman–Crippen LogP) is 1.33. The second-order valence-corrected chi connectivity index (χ2v) is 4.66. The number of halogens is 1. The van der Waals surface area contributed by atoms with Gasteiger partial charge in [-0.25, -0.2) is 0 Å². The summed E-state index contributed by atoms with van der Waals surface area (Å²) in [7, 11) is 1.73. The predicted molar refractivity (Wildman–Crippen MR) is 70.0 cm³/mol. The Morgan fingerprint density at radius 3 is 2.89 bits per heavy atom. The van der Waals surface area contributed by atoms with Crippen molar-refractivity contribution in [1.29, 1.82) is 0 Å². The molecule has 7 heteroatoms. The van der Waals surface area contributed by atoms with Gasteiger partial charge >= 0.3 is 0 Å². The number of carbonyl (C=O) groups excluding carboxylic acids is 1. The lowest BCUT2D eigenvalue weighted by Crippen LogP contribution is -2.25. The van der Waals surface area contributed by atoms with E-state index in [-0.39, 0.29) is 5.91 Å². The first-order valence-electron chi connectivity index (χ1n) is 5.60. The molecule has 0 radical (unpaired) electrons. The molecule has 6 nitrogen and oxygen atoms in total. The lowest BCUT2D eigenvalue weighted by atomic mass is 10.3. The van der Waals surface area contributed by atoms with E-state index >= 15 is 0 Å². The van der Waals surface area contributed by atoms with Crippen LogP contribution in [0.25, 0.3) is 0 Å². The van der Waals surface area contributed by atoms with Crippen LogP contribution >= 0.6 is 15.9 Å². The number of amides is 1. The number of hydrogen-bond acceptors (Lipinski definition) is 3. The van der Waals surface area contributed by atoms with E-state index in [1.165, 1.54) is 4.68 Å². The molecule has 96 valence electrons. The minimum Gasteiger partial charge on any atom is -0.345 e. The maximum Gasteiger partial charge on any atom is 0.271 e. The summed E-state index contributed by atoms with van der Waals surface area (Å²) in [5.41, 5.74) is 1.34. The van der Waals surface area contributed by atoms with Crippen LogP contribution in [0.4, 0.5) is 0 Å². The molecule has 0 unspecified atom stereocenters. The summed E-state index contributed by atoms with van der Waals surface area (Å²) in [6.45, 7) is 3.24. The molecular weight excluding hydrogens is 298 g/mol. The smallest absolute Gasteiger partial charge is 0.271 e. The lowest BCUT2D eigenvalue weighted by molar-refractivity contribution is 0.0940. The van der Waals surface area contributed by atoms with Crippen molar-refractivity contribution in [2.75, 3.05) is 0 Å². The molecule has 0 fully saturated rings. The van der Waals surface area contributed by atoms with Gasteiger partial charge in [0.15, 0.2) is 0 Å². The Morgan fingerprint density at radius 2 is 2.33 bits per heavy atom. The Hall–Kier alpha value is -1.63. The minimum absolute atomic E-state index is 0.173. The molecule has 0 saturated heterocycles. The van der Waals surface area contributed by atoms with Crippen molar-refractivity contribution in [2.24, 2.45) is 7.05 Å². The van der Waals surface area contributed by atoms with Crippen LogP contribution in [0.1, 0.15) is 23.1 Å². The number of nitrogens with one attached hydrogen (secondary N) is 1. The normalized spacial score (nSPS) is 10.6. The topological polar surface area (TPSA) is 64.7 Å². The molecule has 1 amide bonds. The average Bonchev–Trinajstić information content (AvgIpc) is 2.93. The highest BCUT2D eigenvalue weighted by Gasteiger charge is 2.14. The van der Waals surface area contributed by atoms with Gasteiger partial charge in [0.05, 0.1) is 22.9 Å². The van der Waals surface area contributed by atoms with Gasteiger partial charge in [0.25, 0.3) is 5.91 Å². The fraction of sp³-hybridized carbons (Fsp3) is 0.364. The van der Waals surface area contributed by atoms with Crippen molar-refractivity contribution >= 4 is 21.8 Å². The molecule has 2 heterocycles. The van der Waals surface area contributed by atoms with Gasteiger partial charge in [-0.2, -0.15) is 10.2 Å². The molecule has 0 saturated carbocycles. The van der Waals surface area contributed by atoms with Gasteiger partial charge in [-0.15, -0.1) is 0 Å². The van der Waals surface area contributed by atoms with E-state index in [0.29, 0.717) is 16.7 Å². The number of aryl methyl sites for hydroxylation is 2. The Morgan fingerprint density at radius 1 is 1.56 bits per heavy atom. The number of hydrogen-bond donors (Lipinski definition) is 1. The zero-order valence-electron chi connectivity index (χ0n) is 10.2. The average molecular weight is 312 g/mol. The van der Waals surface area contributed by atoms with Crippen LogP contribution in [0.15, 0.2) is 22.9 Å². The van der Waals surface area contributed by atoms with Crippen LogP contribution in [0.3, 0.4) is 0 Å². The highest BCUT2D eigenvalue weighted by atomic mass is 79.9. The minimum atomic E-state index is -0.173. The van der Waals surface area contributed by atoms with E-state index in [4.69, 9.17) is 0 Å². The molecule has 0 atom stereocenters. The van der Waals surface area contributed by atoms with Gasteiger partial charge < -0.3 is 5.32 Å². The summed E-state index contributed by atoms with van der Waals surface area (Å²) in [5, 5.41) is 11.1. The van der Waals surface area contributed by atoms with Crippen LogP contribution in [0.5, 0.6) is 0 Å². The van der Waals surface area contributed by atoms with Gasteiger partial charge in [0.2, 0.25) is 0 Å². The number of aromatic nitrogens is 4. The largest absolute Gasteiger partial charge is 0.345 e. The SMILES string of the molecule is CCn1ccc(CNC(=O)c2c(Br)cnn2C)n1. The summed E-state index contributed by atoms with van der Waals surface area (Å²) in [5.74, 6) is -0.173. The molecular formula is C11H14BrN5O. The first kappa shape index (κ1) is 12.8. The molecule has 1 N–H and O–H groups in total. The highest BCUT2D eigenvalue weighted by molar-refractivity contribution is 9.10. The number of rotatable bonds is 4. The van der Waals surface area contributed by atoms with Gasteiger partial charge in [-0.3, -0.25) is 14.2 Å². The molecule has 2 aromatic heterocycles. The maximum atomic E-state index is 12.0. The van der Waals surface area contributed by atoms with E-state index in [9.17, 15) is 4.79 Å². The van der Waals surface area contributed by atoms with E-state index in [0.717, 1.165) is 12.2 Å². The Balaban J connectivity index is 2.00. The van der Waals surface area contributed by atoms with E-state index in [1.807, 2.05) is 23.9 Å². The van der Waals surface area contributed by atoms with Crippen LogP contribution in [-0.4, -0.2) is 25.5 Å². The van der Waals surface area contributed by atoms with Gasteiger partial charge in [-0.1, -0.05) is 0 Å². The van der Waals surface area contributed by atoms with Crippen molar-refractivity contribution < 1.29 is 4.79 Å². The van der Waals surface area contributed by atoms with Crippen molar-refractivity contribution in [1.82, 2.24) is 24.9 Å². The monoisotopic (exact) mass is 311 g/mol. The van der Waals surface area contributed by atoms with Crippen molar-refractivity contribution in [2.45, 2.75) is 20.0 Å². The summed E-state index contributed by atoms with van der Waals surface area (Å²) < 4.78 is 4.03. The quantitative estimate of drug-likeness (QED) is 0.926. The first-order valence-corrected chi connectivity index (χ1v) is 6.39. The van der Waals surface area contributed by atoms with E-state index in [2.05, 4.69) is 31.4 Å².